The number of rotatable bonds is 0. The van der Waals surface area contributed by atoms with Gasteiger partial charge < -0.3 is 4.57 Å². The largest absolute Gasteiger partial charge is 0.339 e. The highest BCUT2D eigenvalue weighted by Crippen LogP contribution is 2.30. The molecule has 1 aromatic heterocycles. The quantitative estimate of drug-likeness (QED) is 0.704. The van der Waals surface area contributed by atoms with Crippen molar-refractivity contribution in [3.05, 3.63) is 34.2 Å². The molecule has 17 heavy (non-hydrogen) atoms. The SMILES string of the molecule is CC1=NCCCn2c1cc1cc(F)cc(Br)c12. The molecule has 3 rings (SSSR count). The van der Waals surface area contributed by atoms with Gasteiger partial charge >= 0.3 is 0 Å². The lowest BCUT2D eigenvalue weighted by Gasteiger charge is -2.07. The molecule has 0 bridgehead atoms. The van der Waals surface area contributed by atoms with Gasteiger partial charge in [-0.25, -0.2) is 4.39 Å². The van der Waals surface area contributed by atoms with E-state index in [2.05, 4.69) is 25.5 Å². The third kappa shape index (κ3) is 1.71. The molecule has 0 aliphatic carbocycles. The Bertz CT molecular complexity index is 628. The summed E-state index contributed by atoms with van der Waals surface area (Å²) < 4.78 is 16.4. The van der Waals surface area contributed by atoms with Gasteiger partial charge in [0.15, 0.2) is 0 Å². The van der Waals surface area contributed by atoms with Crippen LogP contribution in [0.3, 0.4) is 0 Å². The molecular formula is C13H12BrFN2. The van der Waals surface area contributed by atoms with E-state index in [4.69, 9.17) is 0 Å². The van der Waals surface area contributed by atoms with Gasteiger partial charge in [0.2, 0.25) is 0 Å². The van der Waals surface area contributed by atoms with E-state index in [0.717, 1.165) is 46.3 Å². The van der Waals surface area contributed by atoms with Crippen LogP contribution in [0.15, 0.2) is 27.7 Å². The van der Waals surface area contributed by atoms with Crippen LogP contribution in [0.4, 0.5) is 4.39 Å². The molecule has 0 unspecified atom stereocenters. The Balaban J connectivity index is 2.38. The molecule has 2 heterocycles. The number of aryl methyl sites for hydroxylation is 1. The van der Waals surface area contributed by atoms with Crippen LogP contribution in [-0.2, 0) is 6.54 Å². The number of aromatic nitrogens is 1. The van der Waals surface area contributed by atoms with E-state index < -0.39 is 0 Å². The van der Waals surface area contributed by atoms with E-state index >= 15 is 0 Å². The molecular weight excluding hydrogens is 283 g/mol. The summed E-state index contributed by atoms with van der Waals surface area (Å²) >= 11 is 3.45. The summed E-state index contributed by atoms with van der Waals surface area (Å²) in [5.74, 6) is -0.209. The Kier molecular flexibility index (Phi) is 2.54. The fraction of sp³-hybridized carbons (Fsp3) is 0.308. The zero-order chi connectivity index (χ0) is 12.0. The monoisotopic (exact) mass is 294 g/mol. The van der Waals surface area contributed by atoms with Crippen molar-refractivity contribution in [2.45, 2.75) is 19.9 Å². The smallest absolute Gasteiger partial charge is 0.125 e. The maximum absolute atomic E-state index is 13.4. The minimum atomic E-state index is -0.209. The van der Waals surface area contributed by atoms with Crippen molar-refractivity contribution in [3.63, 3.8) is 0 Å². The van der Waals surface area contributed by atoms with Gasteiger partial charge in [-0.05, 0) is 47.5 Å². The van der Waals surface area contributed by atoms with Gasteiger partial charge in [0.25, 0.3) is 0 Å². The molecule has 0 saturated carbocycles. The number of hydrogen-bond donors (Lipinski definition) is 0. The maximum Gasteiger partial charge on any atom is 0.125 e. The topological polar surface area (TPSA) is 17.3 Å². The molecule has 0 radical (unpaired) electrons. The Morgan fingerprint density at radius 3 is 3.00 bits per heavy atom. The first-order valence-electron chi connectivity index (χ1n) is 5.66. The van der Waals surface area contributed by atoms with Gasteiger partial charge in [-0.1, -0.05) is 0 Å². The molecule has 0 saturated heterocycles. The van der Waals surface area contributed by atoms with E-state index in [1.165, 1.54) is 6.07 Å². The van der Waals surface area contributed by atoms with Crippen LogP contribution >= 0.6 is 15.9 Å². The van der Waals surface area contributed by atoms with Gasteiger partial charge in [-0.3, -0.25) is 4.99 Å². The fourth-order valence-corrected chi connectivity index (χ4v) is 3.08. The Hall–Kier alpha value is -1.16. The lowest BCUT2D eigenvalue weighted by Crippen LogP contribution is -2.04. The van der Waals surface area contributed by atoms with Crippen molar-refractivity contribution in [3.8, 4) is 0 Å². The summed E-state index contributed by atoms with van der Waals surface area (Å²) in [6.07, 6.45) is 1.03. The summed E-state index contributed by atoms with van der Waals surface area (Å²) in [4.78, 5) is 4.50. The highest BCUT2D eigenvalue weighted by atomic mass is 79.9. The summed E-state index contributed by atoms with van der Waals surface area (Å²) in [6, 6.07) is 5.12. The van der Waals surface area contributed by atoms with E-state index in [9.17, 15) is 4.39 Å². The van der Waals surface area contributed by atoms with Gasteiger partial charge in [0.05, 0.1) is 16.9 Å². The van der Waals surface area contributed by atoms with Crippen molar-refractivity contribution < 1.29 is 4.39 Å². The normalized spacial score (nSPS) is 15.6. The molecule has 0 spiro atoms. The molecule has 0 N–H and O–H groups in total. The van der Waals surface area contributed by atoms with Gasteiger partial charge in [-0.2, -0.15) is 0 Å². The lowest BCUT2D eigenvalue weighted by molar-refractivity contribution is 0.628. The van der Waals surface area contributed by atoms with Crippen LogP contribution in [0.25, 0.3) is 10.9 Å². The van der Waals surface area contributed by atoms with Crippen molar-refractivity contribution in [1.82, 2.24) is 4.57 Å². The summed E-state index contributed by atoms with van der Waals surface area (Å²) in [7, 11) is 0. The minimum Gasteiger partial charge on any atom is -0.339 e. The lowest BCUT2D eigenvalue weighted by atomic mass is 10.2. The highest BCUT2D eigenvalue weighted by Gasteiger charge is 2.16. The summed E-state index contributed by atoms with van der Waals surface area (Å²) in [5.41, 5.74) is 3.20. The van der Waals surface area contributed by atoms with Gasteiger partial charge in [-0.15, -0.1) is 0 Å². The third-order valence-corrected chi connectivity index (χ3v) is 3.77. The molecule has 0 amide bonds. The number of nitrogens with zero attached hydrogens (tertiary/aromatic N) is 2. The highest BCUT2D eigenvalue weighted by molar-refractivity contribution is 9.10. The zero-order valence-corrected chi connectivity index (χ0v) is 11.1. The summed E-state index contributed by atoms with van der Waals surface area (Å²) in [5, 5.41) is 0.934. The standard InChI is InChI=1S/C13H12BrFN2/c1-8-12-6-9-5-10(15)7-11(14)13(9)17(12)4-2-3-16-8/h5-7H,2-4H2,1H3. The molecule has 2 nitrogen and oxygen atoms in total. The Labute approximate surface area is 107 Å². The maximum atomic E-state index is 13.4. The molecule has 0 atom stereocenters. The van der Waals surface area contributed by atoms with Crippen molar-refractivity contribution >= 4 is 32.5 Å². The second-order valence-electron chi connectivity index (χ2n) is 4.33. The van der Waals surface area contributed by atoms with Crippen molar-refractivity contribution in [2.24, 2.45) is 4.99 Å². The molecule has 1 aromatic carbocycles. The van der Waals surface area contributed by atoms with Crippen LogP contribution in [0, 0.1) is 5.82 Å². The van der Waals surface area contributed by atoms with E-state index in [1.807, 2.05) is 13.0 Å². The van der Waals surface area contributed by atoms with Gasteiger partial charge in [0, 0.05) is 22.9 Å². The molecule has 4 heteroatoms. The van der Waals surface area contributed by atoms with Crippen molar-refractivity contribution in [2.75, 3.05) is 6.54 Å². The van der Waals surface area contributed by atoms with Crippen LogP contribution < -0.4 is 0 Å². The number of benzene rings is 1. The molecule has 2 aromatic rings. The zero-order valence-electron chi connectivity index (χ0n) is 9.50. The van der Waals surface area contributed by atoms with Crippen molar-refractivity contribution in [1.29, 1.82) is 0 Å². The second kappa shape index (κ2) is 3.95. The molecule has 0 fully saturated rings. The van der Waals surface area contributed by atoms with E-state index in [-0.39, 0.29) is 5.82 Å². The van der Waals surface area contributed by atoms with E-state index in [0.29, 0.717) is 0 Å². The predicted molar refractivity (Wildman–Crippen MR) is 71.3 cm³/mol. The van der Waals surface area contributed by atoms with Crippen LogP contribution in [0.1, 0.15) is 19.0 Å². The average Bonchev–Trinajstić information content (AvgIpc) is 2.54. The fourth-order valence-electron chi connectivity index (χ4n) is 2.41. The average molecular weight is 295 g/mol. The number of fused-ring (bicyclic) bond motifs is 3. The first kappa shape index (κ1) is 11.0. The minimum absolute atomic E-state index is 0.209. The molecule has 1 aliphatic rings. The third-order valence-electron chi connectivity index (χ3n) is 3.17. The van der Waals surface area contributed by atoms with Crippen LogP contribution in [0.5, 0.6) is 0 Å². The van der Waals surface area contributed by atoms with Gasteiger partial charge in [0.1, 0.15) is 5.82 Å². The first-order valence-corrected chi connectivity index (χ1v) is 6.46. The Morgan fingerprint density at radius 2 is 2.18 bits per heavy atom. The number of hydrogen-bond acceptors (Lipinski definition) is 1. The predicted octanol–water partition coefficient (Wildman–Crippen LogP) is 3.76. The van der Waals surface area contributed by atoms with Crippen LogP contribution in [-0.4, -0.2) is 16.8 Å². The van der Waals surface area contributed by atoms with Crippen LogP contribution in [0.2, 0.25) is 0 Å². The number of aliphatic imine (C=N–C) groups is 1. The number of halogens is 2. The summed E-state index contributed by atoms with van der Waals surface area (Å²) in [6.45, 7) is 3.82. The van der Waals surface area contributed by atoms with E-state index in [1.54, 1.807) is 6.07 Å². The molecule has 88 valence electrons. The molecule has 1 aliphatic heterocycles. The Morgan fingerprint density at radius 1 is 1.35 bits per heavy atom. The second-order valence-corrected chi connectivity index (χ2v) is 5.18. The first-order chi connectivity index (χ1) is 8.16.